The molecule has 0 saturated carbocycles. The Balaban J connectivity index is 2.64. The number of urea groups is 1. The third-order valence-electron chi connectivity index (χ3n) is 2.32. The maximum Gasteiger partial charge on any atom is 0.321 e. The van der Waals surface area contributed by atoms with Crippen molar-refractivity contribution < 1.29 is 14.3 Å². The first-order chi connectivity index (χ1) is 9.47. The molecule has 0 spiro atoms. The molecule has 0 aliphatic heterocycles. The van der Waals surface area contributed by atoms with Crippen LogP contribution in [0.2, 0.25) is 5.02 Å². The van der Waals surface area contributed by atoms with Crippen LogP contribution in [0.4, 0.5) is 4.79 Å². The number of hydrogen-bond donors (Lipinski definition) is 2. The van der Waals surface area contributed by atoms with Crippen LogP contribution in [0.1, 0.15) is 19.4 Å². The van der Waals surface area contributed by atoms with E-state index in [1.807, 2.05) is 6.07 Å². The molecule has 1 aromatic rings. The minimum absolute atomic E-state index is 0.237. The van der Waals surface area contributed by atoms with Gasteiger partial charge < -0.3 is 10.1 Å². The number of halogens is 1. The number of carbonyl (C=O) groups excluding carboxylic acids is 2. The molecule has 20 heavy (non-hydrogen) atoms. The lowest BCUT2D eigenvalue weighted by Gasteiger charge is -2.14. The predicted molar refractivity (Wildman–Crippen MR) is 73.5 cm³/mol. The molecule has 0 aliphatic carbocycles. The van der Waals surface area contributed by atoms with Crippen LogP contribution in [0.5, 0.6) is 5.75 Å². The quantitative estimate of drug-likeness (QED) is 0.886. The molecule has 3 amide bonds. The summed E-state index contributed by atoms with van der Waals surface area (Å²) in [6, 6.07) is 5.80. The van der Waals surface area contributed by atoms with Crippen LogP contribution in [0.3, 0.4) is 0 Å². The fraction of sp³-hybridized carbons (Fsp3) is 0.308. The Morgan fingerprint density at radius 3 is 2.75 bits per heavy atom. The number of amides is 3. The maximum atomic E-state index is 11.7. The number of imide groups is 1. The van der Waals surface area contributed by atoms with Crippen LogP contribution >= 0.6 is 11.6 Å². The molecule has 1 rings (SSSR count). The third-order valence-corrected chi connectivity index (χ3v) is 2.63. The molecule has 7 heteroatoms. The molecule has 106 valence electrons. The monoisotopic (exact) mass is 295 g/mol. The van der Waals surface area contributed by atoms with Gasteiger partial charge in [0.1, 0.15) is 11.8 Å². The van der Waals surface area contributed by atoms with Crippen LogP contribution in [0.15, 0.2) is 18.2 Å². The van der Waals surface area contributed by atoms with Crippen molar-refractivity contribution in [2.45, 2.75) is 20.0 Å². The number of rotatable bonds is 4. The smallest absolute Gasteiger partial charge is 0.321 e. The fourth-order valence-corrected chi connectivity index (χ4v) is 1.55. The minimum atomic E-state index is -0.874. The fourth-order valence-electron chi connectivity index (χ4n) is 1.34. The summed E-state index contributed by atoms with van der Waals surface area (Å²) in [5, 5.41) is 13.6. The molecular formula is C13H14ClN3O3. The Morgan fingerprint density at radius 1 is 1.50 bits per heavy atom. The van der Waals surface area contributed by atoms with Crippen molar-refractivity contribution in [1.82, 2.24) is 10.6 Å². The van der Waals surface area contributed by atoms with E-state index in [1.165, 1.54) is 25.1 Å². The van der Waals surface area contributed by atoms with Crippen molar-refractivity contribution in [3.8, 4) is 11.8 Å². The van der Waals surface area contributed by atoms with E-state index in [0.717, 1.165) is 0 Å². The molecule has 0 saturated heterocycles. The Labute approximate surface area is 121 Å². The Kier molecular flexibility index (Phi) is 5.81. The zero-order valence-electron chi connectivity index (χ0n) is 11.1. The molecule has 1 unspecified atom stereocenters. The van der Waals surface area contributed by atoms with Gasteiger partial charge in [-0.1, -0.05) is 11.6 Å². The molecule has 1 atom stereocenters. The van der Waals surface area contributed by atoms with Crippen molar-refractivity contribution in [2.24, 2.45) is 0 Å². The second-order valence-electron chi connectivity index (χ2n) is 3.86. The number of nitrogens with one attached hydrogen (secondary N) is 2. The number of nitriles is 1. The summed E-state index contributed by atoms with van der Waals surface area (Å²) in [5.41, 5.74) is 0.318. The lowest BCUT2D eigenvalue weighted by atomic mass is 10.2. The van der Waals surface area contributed by atoms with Gasteiger partial charge in [0.25, 0.3) is 5.91 Å². The Hall–Kier alpha value is -2.26. The lowest BCUT2D eigenvalue weighted by molar-refractivity contribution is -0.126. The van der Waals surface area contributed by atoms with Crippen LogP contribution in [0, 0.1) is 11.3 Å². The molecule has 0 fully saturated rings. The first kappa shape index (κ1) is 15.8. The van der Waals surface area contributed by atoms with Gasteiger partial charge in [-0.2, -0.15) is 5.26 Å². The molecule has 0 heterocycles. The van der Waals surface area contributed by atoms with Gasteiger partial charge in [0.15, 0.2) is 6.10 Å². The van der Waals surface area contributed by atoms with Gasteiger partial charge in [0.2, 0.25) is 0 Å². The van der Waals surface area contributed by atoms with Crippen LogP contribution in [-0.2, 0) is 4.79 Å². The highest BCUT2D eigenvalue weighted by molar-refractivity contribution is 6.31. The van der Waals surface area contributed by atoms with E-state index in [2.05, 4.69) is 10.6 Å². The van der Waals surface area contributed by atoms with Gasteiger partial charge in [-0.15, -0.1) is 0 Å². The molecule has 0 aromatic heterocycles. The highest BCUT2D eigenvalue weighted by Gasteiger charge is 2.17. The van der Waals surface area contributed by atoms with Gasteiger partial charge in [-0.3, -0.25) is 10.1 Å². The summed E-state index contributed by atoms with van der Waals surface area (Å²) in [4.78, 5) is 22.9. The molecule has 0 radical (unpaired) electrons. The van der Waals surface area contributed by atoms with E-state index in [-0.39, 0.29) is 5.02 Å². The second kappa shape index (κ2) is 7.36. The standard InChI is InChI=1S/C13H14ClN3O3/c1-3-16-13(19)17-12(18)8(2)20-10-5-4-9(7-15)11(14)6-10/h4-6,8H,3H2,1-2H3,(H2,16,17,18,19). The average Bonchev–Trinajstić information content (AvgIpc) is 2.39. The van der Waals surface area contributed by atoms with Crippen LogP contribution in [-0.4, -0.2) is 24.6 Å². The van der Waals surface area contributed by atoms with Crippen molar-refractivity contribution in [2.75, 3.05) is 6.54 Å². The van der Waals surface area contributed by atoms with Crippen molar-refractivity contribution in [1.29, 1.82) is 5.26 Å². The molecule has 0 aliphatic rings. The SMILES string of the molecule is CCNC(=O)NC(=O)C(C)Oc1ccc(C#N)c(Cl)c1. The van der Waals surface area contributed by atoms with Crippen molar-refractivity contribution in [3.05, 3.63) is 28.8 Å². The van der Waals surface area contributed by atoms with Gasteiger partial charge in [0.05, 0.1) is 10.6 Å². The first-order valence-corrected chi connectivity index (χ1v) is 6.30. The van der Waals surface area contributed by atoms with E-state index in [1.54, 1.807) is 6.92 Å². The molecule has 6 nitrogen and oxygen atoms in total. The average molecular weight is 296 g/mol. The summed E-state index contributed by atoms with van der Waals surface area (Å²) < 4.78 is 5.35. The number of nitrogens with zero attached hydrogens (tertiary/aromatic N) is 1. The van der Waals surface area contributed by atoms with Crippen molar-refractivity contribution in [3.63, 3.8) is 0 Å². The summed E-state index contributed by atoms with van der Waals surface area (Å²) >= 11 is 5.85. The summed E-state index contributed by atoms with van der Waals surface area (Å²) in [7, 11) is 0. The Bertz CT molecular complexity index is 554. The highest BCUT2D eigenvalue weighted by Crippen LogP contribution is 2.22. The summed E-state index contributed by atoms with van der Waals surface area (Å²) in [6.45, 7) is 3.66. The molecule has 2 N–H and O–H groups in total. The van der Waals surface area contributed by atoms with Crippen LogP contribution in [0.25, 0.3) is 0 Å². The minimum Gasteiger partial charge on any atom is -0.481 e. The second-order valence-corrected chi connectivity index (χ2v) is 4.27. The predicted octanol–water partition coefficient (Wildman–Crippen LogP) is 1.82. The highest BCUT2D eigenvalue weighted by atomic mass is 35.5. The number of carbonyl (C=O) groups is 2. The molecular weight excluding hydrogens is 282 g/mol. The van der Waals surface area contributed by atoms with E-state index in [4.69, 9.17) is 21.6 Å². The largest absolute Gasteiger partial charge is 0.481 e. The zero-order valence-corrected chi connectivity index (χ0v) is 11.8. The van der Waals surface area contributed by atoms with Crippen LogP contribution < -0.4 is 15.4 Å². The summed E-state index contributed by atoms with van der Waals surface area (Å²) in [6.07, 6.45) is -0.874. The van der Waals surface area contributed by atoms with Gasteiger partial charge in [-0.25, -0.2) is 4.79 Å². The first-order valence-electron chi connectivity index (χ1n) is 5.93. The molecule has 1 aromatic carbocycles. The normalized spacial score (nSPS) is 11.1. The van der Waals surface area contributed by atoms with E-state index in [9.17, 15) is 9.59 Å². The lowest BCUT2D eigenvalue weighted by Crippen LogP contribution is -2.45. The van der Waals surface area contributed by atoms with E-state index in [0.29, 0.717) is 17.9 Å². The maximum absolute atomic E-state index is 11.7. The number of benzene rings is 1. The van der Waals surface area contributed by atoms with Gasteiger partial charge >= 0.3 is 6.03 Å². The number of hydrogen-bond acceptors (Lipinski definition) is 4. The van der Waals surface area contributed by atoms with Crippen molar-refractivity contribution >= 4 is 23.5 Å². The topological polar surface area (TPSA) is 91.2 Å². The zero-order chi connectivity index (χ0) is 15.1. The molecule has 0 bridgehead atoms. The van der Waals surface area contributed by atoms with Gasteiger partial charge in [-0.05, 0) is 26.0 Å². The van der Waals surface area contributed by atoms with E-state index < -0.39 is 18.0 Å². The summed E-state index contributed by atoms with van der Waals surface area (Å²) in [5.74, 6) is -0.232. The van der Waals surface area contributed by atoms with Gasteiger partial charge in [0, 0.05) is 12.6 Å². The number of ether oxygens (including phenoxy) is 1. The third kappa shape index (κ3) is 4.44. The Morgan fingerprint density at radius 2 is 2.20 bits per heavy atom. The van der Waals surface area contributed by atoms with E-state index >= 15 is 0 Å².